The van der Waals surface area contributed by atoms with E-state index in [1.165, 1.54) is 4.90 Å². The van der Waals surface area contributed by atoms with Gasteiger partial charge in [-0.3, -0.25) is 4.79 Å². The van der Waals surface area contributed by atoms with Crippen LogP contribution in [0.15, 0.2) is 40.8 Å². The average Bonchev–Trinajstić information content (AvgIpc) is 3.15. The number of hydrogen-bond donors (Lipinski definition) is 0. The van der Waals surface area contributed by atoms with Gasteiger partial charge in [-0.15, -0.1) is 10.2 Å². The molecule has 0 saturated carbocycles. The van der Waals surface area contributed by atoms with Crippen LogP contribution in [0, 0.1) is 6.92 Å². The Hall–Kier alpha value is -3.06. The molecule has 0 atom stereocenters. The molecule has 3 rings (SSSR count). The average molecular weight is 402 g/mol. The minimum Gasteiger partial charge on any atom is -0.493 e. The van der Waals surface area contributed by atoms with Crippen LogP contribution in [-0.2, 0) is 6.54 Å². The normalized spacial score (nSPS) is 10.6. The molecule has 0 unspecified atom stereocenters. The van der Waals surface area contributed by atoms with Crippen molar-refractivity contribution in [2.45, 2.75) is 13.5 Å². The fourth-order valence-electron chi connectivity index (χ4n) is 2.68. The topological polar surface area (TPSA) is 77.7 Å². The van der Waals surface area contributed by atoms with Gasteiger partial charge in [0, 0.05) is 12.6 Å². The Balaban J connectivity index is 1.76. The van der Waals surface area contributed by atoms with Crippen molar-refractivity contribution in [3.8, 4) is 23.0 Å². The Morgan fingerprint density at radius 1 is 1.11 bits per heavy atom. The van der Waals surface area contributed by atoms with Crippen LogP contribution < -0.4 is 9.47 Å². The summed E-state index contributed by atoms with van der Waals surface area (Å²) >= 11 is 6.19. The molecule has 0 N–H and O–H groups in total. The third-order valence-electron chi connectivity index (χ3n) is 4.17. The molecule has 7 nitrogen and oxygen atoms in total. The van der Waals surface area contributed by atoms with Crippen molar-refractivity contribution in [2.24, 2.45) is 0 Å². The number of halogens is 1. The summed E-state index contributed by atoms with van der Waals surface area (Å²) in [5.41, 5.74) is 2.10. The predicted octanol–water partition coefficient (Wildman–Crippen LogP) is 3.99. The first kappa shape index (κ1) is 19.7. The van der Waals surface area contributed by atoms with E-state index < -0.39 is 0 Å². The molecule has 1 amide bonds. The van der Waals surface area contributed by atoms with Gasteiger partial charge in [0.1, 0.15) is 0 Å². The van der Waals surface area contributed by atoms with Gasteiger partial charge >= 0.3 is 0 Å². The molecule has 1 heterocycles. The number of nitrogens with zero attached hydrogens (tertiary/aromatic N) is 3. The second-order valence-corrected chi connectivity index (χ2v) is 6.62. The number of aromatic nitrogens is 2. The summed E-state index contributed by atoms with van der Waals surface area (Å²) in [5.74, 6) is 1.57. The Morgan fingerprint density at radius 2 is 1.86 bits per heavy atom. The van der Waals surface area contributed by atoms with E-state index >= 15 is 0 Å². The molecule has 0 aliphatic carbocycles. The number of carbonyl (C=O) groups is 1. The van der Waals surface area contributed by atoms with E-state index in [0.717, 1.165) is 5.56 Å². The number of amides is 1. The van der Waals surface area contributed by atoms with Crippen molar-refractivity contribution in [1.29, 1.82) is 0 Å². The molecule has 2 aromatic carbocycles. The first-order valence-corrected chi connectivity index (χ1v) is 8.87. The highest BCUT2D eigenvalue weighted by atomic mass is 35.5. The van der Waals surface area contributed by atoms with Crippen molar-refractivity contribution in [1.82, 2.24) is 15.1 Å². The number of aryl methyl sites for hydroxylation is 1. The van der Waals surface area contributed by atoms with Gasteiger partial charge in [-0.05, 0) is 42.8 Å². The van der Waals surface area contributed by atoms with Gasteiger partial charge in [0.2, 0.25) is 11.8 Å². The molecule has 8 heteroatoms. The van der Waals surface area contributed by atoms with Gasteiger partial charge in [-0.1, -0.05) is 17.7 Å². The van der Waals surface area contributed by atoms with Gasteiger partial charge in [-0.2, -0.15) is 0 Å². The molecule has 146 valence electrons. The molecule has 3 aromatic rings. The maximum Gasteiger partial charge on any atom is 0.255 e. The fourth-order valence-corrected chi connectivity index (χ4v) is 2.99. The third kappa shape index (κ3) is 4.09. The van der Waals surface area contributed by atoms with Crippen LogP contribution in [0.4, 0.5) is 0 Å². The zero-order valence-corrected chi connectivity index (χ0v) is 16.8. The van der Waals surface area contributed by atoms with Crippen LogP contribution in [0.25, 0.3) is 11.5 Å². The minimum atomic E-state index is -0.226. The summed E-state index contributed by atoms with van der Waals surface area (Å²) in [6.45, 7) is 2.07. The SMILES string of the molecule is COc1ccc(-c2nnc(CN(C)C(=O)c3ccc(C)cc3Cl)o2)cc1OC. The predicted molar refractivity (Wildman–Crippen MR) is 105 cm³/mol. The lowest BCUT2D eigenvalue weighted by Crippen LogP contribution is -2.26. The van der Waals surface area contributed by atoms with Crippen LogP contribution in [0.3, 0.4) is 0 Å². The lowest BCUT2D eigenvalue weighted by atomic mass is 10.1. The van der Waals surface area contributed by atoms with E-state index in [1.54, 1.807) is 51.6 Å². The summed E-state index contributed by atoms with van der Waals surface area (Å²) < 4.78 is 16.2. The van der Waals surface area contributed by atoms with Crippen LogP contribution >= 0.6 is 11.6 Å². The molecule has 1 aromatic heterocycles. The number of rotatable bonds is 6. The zero-order valence-electron chi connectivity index (χ0n) is 16.0. The van der Waals surface area contributed by atoms with Crippen LogP contribution in [0.5, 0.6) is 11.5 Å². The van der Waals surface area contributed by atoms with Crippen LogP contribution in [0.1, 0.15) is 21.8 Å². The highest BCUT2D eigenvalue weighted by molar-refractivity contribution is 6.33. The fraction of sp³-hybridized carbons (Fsp3) is 0.250. The molecular weight excluding hydrogens is 382 g/mol. The van der Waals surface area contributed by atoms with Crippen LogP contribution in [0.2, 0.25) is 5.02 Å². The van der Waals surface area contributed by atoms with Crippen molar-refractivity contribution >= 4 is 17.5 Å². The van der Waals surface area contributed by atoms with E-state index in [0.29, 0.717) is 39.4 Å². The summed E-state index contributed by atoms with van der Waals surface area (Å²) in [7, 11) is 4.77. The minimum absolute atomic E-state index is 0.156. The number of carbonyl (C=O) groups excluding carboxylic acids is 1. The molecule has 0 saturated heterocycles. The maximum atomic E-state index is 12.6. The number of ether oxygens (including phenoxy) is 2. The Morgan fingerprint density at radius 3 is 2.54 bits per heavy atom. The molecule has 0 fully saturated rings. The molecule has 0 aliphatic rings. The quantitative estimate of drug-likeness (QED) is 0.621. The molecule has 0 bridgehead atoms. The van der Waals surface area contributed by atoms with Gasteiger partial charge in [0.05, 0.1) is 31.4 Å². The van der Waals surface area contributed by atoms with Gasteiger partial charge < -0.3 is 18.8 Å². The van der Waals surface area contributed by atoms with E-state index in [2.05, 4.69) is 10.2 Å². The van der Waals surface area contributed by atoms with Crippen molar-refractivity contribution in [3.63, 3.8) is 0 Å². The zero-order chi connectivity index (χ0) is 20.3. The van der Waals surface area contributed by atoms with Crippen LogP contribution in [-0.4, -0.2) is 42.3 Å². The summed E-state index contributed by atoms with van der Waals surface area (Å²) in [6, 6.07) is 10.6. The lowest BCUT2D eigenvalue weighted by Gasteiger charge is -2.16. The van der Waals surface area contributed by atoms with E-state index in [-0.39, 0.29) is 12.5 Å². The second kappa shape index (κ2) is 8.31. The van der Waals surface area contributed by atoms with E-state index in [1.807, 2.05) is 13.0 Å². The highest BCUT2D eigenvalue weighted by Crippen LogP contribution is 2.31. The molecule has 0 radical (unpaired) electrons. The number of hydrogen-bond acceptors (Lipinski definition) is 6. The highest BCUT2D eigenvalue weighted by Gasteiger charge is 2.19. The molecule has 0 spiro atoms. The molecule has 0 aliphatic heterocycles. The van der Waals surface area contributed by atoms with Crippen molar-refractivity contribution in [3.05, 3.63) is 58.4 Å². The monoisotopic (exact) mass is 401 g/mol. The first-order chi connectivity index (χ1) is 13.4. The van der Waals surface area contributed by atoms with E-state index in [9.17, 15) is 4.79 Å². The molecule has 28 heavy (non-hydrogen) atoms. The second-order valence-electron chi connectivity index (χ2n) is 6.22. The largest absolute Gasteiger partial charge is 0.493 e. The summed E-state index contributed by atoms with van der Waals surface area (Å²) in [5, 5.41) is 8.49. The maximum absolute atomic E-state index is 12.6. The molecular formula is C20H20ClN3O4. The summed E-state index contributed by atoms with van der Waals surface area (Å²) in [6.07, 6.45) is 0. The summed E-state index contributed by atoms with van der Waals surface area (Å²) in [4.78, 5) is 14.1. The Kier molecular flexibility index (Phi) is 5.84. The van der Waals surface area contributed by atoms with E-state index in [4.69, 9.17) is 25.5 Å². The number of benzene rings is 2. The standard InChI is InChI=1S/C20H20ClN3O4/c1-12-5-7-14(15(21)9-12)20(25)24(2)11-18-22-23-19(28-18)13-6-8-16(26-3)17(10-13)27-4/h5-10H,11H2,1-4H3. The Labute approximate surface area is 167 Å². The third-order valence-corrected chi connectivity index (χ3v) is 4.48. The van der Waals surface area contributed by atoms with Gasteiger partial charge in [0.25, 0.3) is 5.91 Å². The lowest BCUT2D eigenvalue weighted by molar-refractivity contribution is 0.0773. The van der Waals surface area contributed by atoms with Crippen molar-refractivity contribution < 1.29 is 18.7 Å². The van der Waals surface area contributed by atoms with Gasteiger partial charge in [-0.25, -0.2) is 0 Å². The van der Waals surface area contributed by atoms with Crippen molar-refractivity contribution in [2.75, 3.05) is 21.3 Å². The Bertz CT molecular complexity index is 1000. The smallest absolute Gasteiger partial charge is 0.255 e. The van der Waals surface area contributed by atoms with Gasteiger partial charge in [0.15, 0.2) is 11.5 Å². The number of methoxy groups -OCH3 is 2. The first-order valence-electron chi connectivity index (χ1n) is 8.49.